The number of nitrogens with zero attached hydrogens (tertiary/aromatic N) is 1. The summed E-state index contributed by atoms with van der Waals surface area (Å²) in [5.74, 6) is -1.38. The lowest BCUT2D eigenvalue weighted by molar-refractivity contribution is -0.385. The summed E-state index contributed by atoms with van der Waals surface area (Å²) in [6, 6.07) is 3.06. The van der Waals surface area contributed by atoms with Gasteiger partial charge in [0.15, 0.2) is 0 Å². The van der Waals surface area contributed by atoms with Crippen molar-refractivity contribution in [2.45, 2.75) is 20.8 Å². The van der Waals surface area contributed by atoms with E-state index in [1.807, 2.05) is 13.8 Å². The number of hydrogen-bond acceptors (Lipinski definition) is 4. The van der Waals surface area contributed by atoms with E-state index < -0.39 is 16.8 Å². The van der Waals surface area contributed by atoms with Crippen LogP contribution in [0.15, 0.2) is 16.6 Å². The standard InChI is InChI=1S/C13H17BrN2O4/c1-7(2)9(13(17)18)6-15-11-4-8(3)12(16(19)20)5-10(11)14/h4-5,7,9,15H,6H2,1-3H3,(H,17,18). The van der Waals surface area contributed by atoms with Gasteiger partial charge in [-0.05, 0) is 34.8 Å². The smallest absolute Gasteiger partial charge is 0.308 e. The minimum Gasteiger partial charge on any atom is -0.481 e. The highest BCUT2D eigenvalue weighted by Crippen LogP contribution is 2.31. The number of carboxylic acid groups (broad SMARTS) is 1. The Hall–Kier alpha value is -1.63. The average Bonchev–Trinajstić information content (AvgIpc) is 2.31. The number of anilines is 1. The monoisotopic (exact) mass is 344 g/mol. The van der Waals surface area contributed by atoms with Crippen LogP contribution in [0.1, 0.15) is 19.4 Å². The number of hydrogen-bond donors (Lipinski definition) is 2. The maximum Gasteiger partial charge on any atom is 0.308 e. The first-order valence-electron chi connectivity index (χ1n) is 6.15. The van der Waals surface area contributed by atoms with Crippen LogP contribution in [0.2, 0.25) is 0 Å². The molecule has 1 rings (SSSR count). The van der Waals surface area contributed by atoms with Gasteiger partial charge >= 0.3 is 5.97 Å². The van der Waals surface area contributed by atoms with Crippen molar-refractivity contribution >= 4 is 33.3 Å². The Kier molecular flexibility index (Phi) is 5.50. The van der Waals surface area contributed by atoms with Gasteiger partial charge in [0.25, 0.3) is 5.69 Å². The Bertz CT molecular complexity index is 531. The summed E-state index contributed by atoms with van der Waals surface area (Å²) in [7, 11) is 0. The van der Waals surface area contributed by atoms with Crippen LogP contribution in [0.4, 0.5) is 11.4 Å². The zero-order chi connectivity index (χ0) is 15.4. The van der Waals surface area contributed by atoms with E-state index in [0.717, 1.165) is 0 Å². The van der Waals surface area contributed by atoms with E-state index in [2.05, 4.69) is 21.2 Å². The van der Waals surface area contributed by atoms with Gasteiger partial charge in [-0.25, -0.2) is 0 Å². The fourth-order valence-electron chi connectivity index (χ4n) is 1.83. The molecule has 7 heteroatoms. The van der Waals surface area contributed by atoms with Gasteiger partial charge in [-0.3, -0.25) is 14.9 Å². The van der Waals surface area contributed by atoms with Crippen LogP contribution < -0.4 is 5.32 Å². The van der Waals surface area contributed by atoms with Crippen LogP contribution in [-0.4, -0.2) is 22.5 Å². The van der Waals surface area contributed by atoms with Crippen molar-refractivity contribution in [2.75, 3.05) is 11.9 Å². The Labute approximate surface area is 125 Å². The molecule has 1 aromatic carbocycles. The van der Waals surface area contributed by atoms with E-state index in [1.54, 1.807) is 13.0 Å². The number of nitro benzene ring substituents is 1. The van der Waals surface area contributed by atoms with E-state index in [1.165, 1.54) is 6.07 Å². The fourth-order valence-corrected chi connectivity index (χ4v) is 2.30. The quantitative estimate of drug-likeness (QED) is 0.609. The van der Waals surface area contributed by atoms with E-state index >= 15 is 0 Å². The van der Waals surface area contributed by atoms with Crippen LogP contribution >= 0.6 is 15.9 Å². The molecule has 110 valence electrons. The summed E-state index contributed by atoms with van der Waals surface area (Å²) in [6.07, 6.45) is 0. The molecule has 0 saturated carbocycles. The third-order valence-electron chi connectivity index (χ3n) is 3.12. The zero-order valence-electron chi connectivity index (χ0n) is 11.5. The molecule has 0 aromatic heterocycles. The number of carbonyl (C=O) groups is 1. The number of nitro groups is 1. The topological polar surface area (TPSA) is 92.5 Å². The summed E-state index contributed by atoms with van der Waals surface area (Å²) in [6.45, 7) is 5.60. The predicted molar refractivity (Wildman–Crippen MR) is 80.0 cm³/mol. The minimum atomic E-state index is -0.859. The largest absolute Gasteiger partial charge is 0.481 e. The molecule has 1 atom stereocenters. The van der Waals surface area contributed by atoms with E-state index in [9.17, 15) is 14.9 Å². The summed E-state index contributed by atoms with van der Waals surface area (Å²) >= 11 is 3.26. The number of aryl methyl sites for hydroxylation is 1. The van der Waals surface area contributed by atoms with Crippen LogP contribution in [-0.2, 0) is 4.79 Å². The average molecular weight is 345 g/mol. The van der Waals surface area contributed by atoms with Gasteiger partial charge in [-0.2, -0.15) is 0 Å². The second-order valence-corrected chi connectivity index (χ2v) is 5.80. The van der Waals surface area contributed by atoms with Crippen LogP contribution in [0.5, 0.6) is 0 Å². The number of benzene rings is 1. The number of rotatable bonds is 6. The molecule has 0 saturated heterocycles. The first kappa shape index (κ1) is 16.4. The highest BCUT2D eigenvalue weighted by atomic mass is 79.9. The molecule has 0 fully saturated rings. The third-order valence-corrected chi connectivity index (χ3v) is 3.77. The minimum absolute atomic E-state index is 0.00193. The lowest BCUT2D eigenvalue weighted by Crippen LogP contribution is -2.27. The number of halogens is 1. The van der Waals surface area contributed by atoms with Gasteiger partial charge in [0.05, 0.1) is 10.8 Å². The Morgan fingerprint density at radius 3 is 2.55 bits per heavy atom. The Morgan fingerprint density at radius 2 is 2.10 bits per heavy atom. The number of nitrogens with one attached hydrogen (secondary N) is 1. The molecule has 0 spiro atoms. The van der Waals surface area contributed by atoms with Gasteiger partial charge in [0.1, 0.15) is 0 Å². The molecule has 0 aliphatic rings. The summed E-state index contributed by atoms with van der Waals surface area (Å²) in [5, 5.41) is 23.0. The van der Waals surface area contributed by atoms with Crippen LogP contribution in [0.25, 0.3) is 0 Å². The van der Waals surface area contributed by atoms with Crippen molar-refractivity contribution < 1.29 is 14.8 Å². The molecular weight excluding hydrogens is 328 g/mol. The molecular formula is C13H17BrN2O4. The maximum absolute atomic E-state index is 11.1. The van der Waals surface area contributed by atoms with Gasteiger partial charge in [-0.1, -0.05) is 13.8 Å². The second-order valence-electron chi connectivity index (χ2n) is 4.95. The van der Waals surface area contributed by atoms with Gasteiger partial charge in [-0.15, -0.1) is 0 Å². The van der Waals surface area contributed by atoms with Crippen molar-refractivity contribution in [1.82, 2.24) is 0 Å². The van der Waals surface area contributed by atoms with E-state index in [-0.39, 0.29) is 18.2 Å². The molecule has 0 aliphatic carbocycles. The Balaban J connectivity index is 2.91. The van der Waals surface area contributed by atoms with Crippen molar-refractivity contribution in [3.8, 4) is 0 Å². The molecule has 1 aromatic rings. The van der Waals surface area contributed by atoms with E-state index in [4.69, 9.17) is 5.11 Å². The molecule has 0 bridgehead atoms. The lowest BCUT2D eigenvalue weighted by atomic mass is 9.96. The van der Waals surface area contributed by atoms with Gasteiger partial charge in [0.2, 0.25) is 0 Å². The molecule has 1 unspecified atom stereocenters. The maximum atomic E-state index is 11.1. The van der Waals surface area contributed by atoms with Crippen LogP contribution in [0.3, 0.4) is 0 Å². The van der Waals surface area contributed by atoms with Crippen molar-refractivity contribution in [1.29, 1.82) is 0 Å². The molecule has 20 heavy (non-hydrogen) atoms. The van der Waals surface area contributed by atoms with Crippen molar-refractivity contribution in [2.24, 2.45) is 11.8 Å². The highest BCUT2D eigenvalue weighted by Gasteiger charge is 2.22. The third kappa shape index (κ3) is 3.93. The van der Waals surface area contributed by atoms with Gasteiger partial charge < -0.3 is 10.4 Å². The fraction of sp³-hybridized carbons (Fsp3) is 0.462. The van der Waals surface area contributed by atoms with Gasteiger partial charge in [0, 0.05) is 28.3 Å². The Morgan fingerprint density at radius 1 is 1.50 bits per heavy atom. The first-order valence-corrected chi connectivity index (χ1v) is 6.94. The number of carboxylic acids is 1. The summed E-state index contributed by atoms with van der Waals surface area (Å²) in [5.41, 5.74) is 1.21. The molecule has 0 aliphatic heterocycles. The normalized spacial score (nSPS) is 12.2. The molecule has 0 heterocycles. The lowest BCUT2D eigenvalue weighted by Gasteiger charge is -2.18. The number of aliphatic carboxylic acids is 1. The van der Waals surface area contributed by atoms with E-state index in [0.29, 0.717) is 15.7 Å². The SMILES string of the molecule is Cc1cc(NCC(C(=O)O)C(C)C)c(Br)cc1[N+](=O)[O-]. The summed E-state index contributed by atoms with van der Waals surface area (Å²) < 4.78 is 0.544. The van der Waals surface area contributed by atoms with Crippen LogP contribution in [0, 0.1) is 28.9 Å². The molecule has 6 nitrogen and oxygen atoms in total. The molecule has 0 radical (unpaired) electrons. The molecule has 2 N–H and O–H groups in total. The first-order chi connectivity index (χ1) is 9.23. The summed E-state index contributed by atoms with van der Waals surface area (Å²) in [4.78, 5) is 21.5. The van der Waals surface area contributed by atoms with Crippen molar-refractivity contribution in [3.05, 3.63) is 32.3 Å². The molecule has 0 amide bonds. The predicted octanol–water partition coefficient (Wildman–Crippen LogP) is 3.43. The zero-order valence-corrected chi connectivity index (χ0v) is 13.1. The highest BCUT2D eigenvalue weighted by molar-refractivity contribution is 9.10. The van der Waals surface area contributed by atoms with Crippen molar-refractivity contribution in [3.63, 3.8) is 0 Å². The second kappa shape index (κ2) is 6.69.